The highest BCUT2D eigenvalue weighted by Crippen LogP contribution is 2.44. The minimum Gasteiger partial charge on any atom is -0.488 e. The van der Waals surface area contributed by atoms with Gasteiger partial charge in [0.1, 0.15) is 18.1 Å². The molecule has 5 heteroatoms. The van der Waals surface area contributed by atoms with Crippen LogP contribution in [0.2, 0.25) is 0 Å². The third kappa shape index (κ3) is 4.12. The van der Waals surface area contributed by atoms with Crippen LogP contribution in [0.1, 0.15) is 41.0 Å². The van der Waals surface area contributed by atoms with Gasteiger partial charge in [-0.2, -0.15) is 0 Å². The largest absolute Gasteiger partial charge is 0.513 e. The maximum atomic E-state index is 11.4. The third-order valence-corrected chi connectivity index (χ3v) is 4.31. The van der Waals surface area contributed by atoms with Crippen molar-refractivity contribution in [3.05, 3.63) is 58.7 Å². The summed E-state index contributed by atoms with van der Waals surface area (Å²) in [5.41, 5.74) is 3.72. The van der Waals surface area contributed by atoms with Crippen molar-refractivity contribution in [3.8, 4) is 11.5 Å². The minimum atomic E-state index is -0.801. The van der Waals surface area contributed by atoms with Gasteiger partial charge in [0.25, 0.3) is 0 Å². The van der Waals surface area contributed by atoms with Crippen LogP contribution >= 0.6 is 0 Å². The van der Waals surface area contributed by atoms with Crippen LogP contribution in [0.3, 0.4) is 0 Å². The Morgan fingerprint density at radius 1 is 1.20 bits per heavy atom. The van der Waals surface area contributed by atoms with Crippen molar-refractivity contribution in [2.75, 3.05) is 7.11 Å². The fourth-order valence-corrected chi connectivity index (χ4v) is 2.81. The SMILES string of the molecule is COC(=O)Oc1cccc(CO)c1COc1ccc(C)cc1C1CC1. The fourth-order valence-electron chi connectivity index (χ4n) is 2.81. The zero-order valence-electron chi connectivity index (χ0n) is 14.5. The number of ether oxygens (including phenoxy) is 3. The lowest BCUT2D eigenvalue weighted by atomic mass is 10.1. The molecule has 2 aromatic rings. The quantitative estimate of drug-likeness (QED) is 0.633. The van der Waals surface area contributed by atoms with Gasteiger partial charge < -0.3 is 19.3 Å². The van der Waals surface area contributed by atoms with E-state index in [4.69, 9.17) is 9.47 Å². The molecule has 1 aliphatic carbocycles. The molecule has 0 spiro atoms. The zero-order chi connectivity index (χ0) is 17.8. The van der Waals surface area contributed by atoms with Gasteiger partial charge in [0.05, 0.1) is 13.7 Å². The summed E-state index contributed by atoms with van der Waals surface area (Å²) in [6.45, 7) is 2.10. The molecule has 3 rings (SSSR count). The molecule has 132 valence electrons. The molecule has 0 radical (unpaired) electrons. The van der Waals surface area contributed by atoms with E-state index in [1.165, 1.54) is 31.1 Å². The maximum absolute atomic E-state index is 11.4. The van der Waals surface area contributed by atoms with E-state index in [1.807, 2.05) is 12.1 Å². The van der Waals surface area contributed by atoms with E-state index >= 15 is 0 Å². The molecule has 25 heavy (non-hydrogen) atoms. The minimum absolute atomic E-state index is 0.166. The van der Waals surface area contributed by atoms with E-state index in [0.29, 0.717) is 22.8 Å². The molecular weight excluding hydrogens is 320 g/mol. The molecule has 0 aliphatic heterocycles. The number of rotatable bonds is 6. The molecule has 0 aromatic heterocycles. The molecule has 5 nitrogen and oxygen atoms in total. The van der Waals surface area contributed by atoms with Gasteiger partial charge in [-0.25, -0.2) is 4.79 Å². The number of carbonyl (C=O) groups excluding carboxylic acids is 1. The number of carbonyl (C=O) groups is 1. The third-order valence-electron chi connectivity index (χ3n) is 4.31. The number of aliphatic hydroxyl groups excluding tert-OH is 1. The van der Waals surface area contributed by atoms with Crippen LogP contribution < -0.4 is 9.47 Å². The summed E-state index contributed by atoms with van der Waals surface area (Å²) in [6, 6.07) is 11.3. The summed E-state index contributed by atoms with van der Waals surface area (Å²) >= 11 is 0. The van der Waals surface area contributed by atoms with Gasteiger partial charge in [0, 0.05) is 5.56 Å². The van der Waals surface area contributed by atoms with Crippen LogP contribution in [-0.4, -0.2) is 18.4 Å². The summed E-state index contributed by atoms with van der Waals surface area (Å²) in [4.78, 5) is 11.4. The molecule has 0 amide bonds. The molecule has 1 fully saturated rings. The van der Waals surface area contributed by atoms with E-state index in [2.05, 4.69) is 17.7 Å². The van der Waals surface area contributed by atoms with Gasteiger partial charge in [0.2, 0.25) is 0 Å². The number of methoxy groups -OCH3 is 1. The van der Waals surface area contributed by atoms with Crippen LogP contribution in [0.15, 0.2) is 36.4 Å². The van der Waals surface area contributed by atoms with E-state index in [9.17, 15) is 9.90 Å². The van der Waals surface area contributed by atoms with Gasteiger partial charge in [-0.3, -0.25) is 0 Å². The van der Waals surface area contributed by atoms with Crippen molar-refractivity contribution in [3.63, 3.8) is 0 Å². The van der Waals surface area contributed by atoms with Crippen molar-refractivity contribution < 1.29 is 24.1 Å². The van der Waals surface area contributed by atoms with E-state index < -0.39 is 6.16 Å². The van der Waals surface area contributed by atoms with Crippen molar-refractivity contribution in [2.45, 2.75) is 38.9 Å². The first kappa shape index (κ1) is 17.3. The molecule has 1 aliphatic rings. The first-order valence-electron chi connectivity index (χ1n) is 8.33. The molecule has 0 heterocycles. The molecule has 0 bridgehead atoms. The number of benzene rings is 2. The Morgan fingerprint density at radius 3 is 2.68 bits per heavy atom. The van der Waals surface area contributed by atoms with Gasteiger partial charge >= 0.3 is 6.16 Å². The predicted octanol–water partition coefficient (Wildman–Crippen LogP) is 4.09. The van der Waals surface area contributed by atoms with Crippen molar-refractivity contribution >= 4 is 6.16 Å². The highest BCUT2D eigenvalue weighted by molar-refractivity contribution is 5.64. The Morgan fingerprint density at radius 2 is 2.00 bits per heavy atom. The lowest BCUT2D eigenvalue weighted by Crippen LogP contribution is -2.11. The van der Waals surface area contributed by atoms with Gasteiger partial charge in [-0.1, -0.05) is 29.8 Å². The van der Waals surface area contributed by atoms with Gasteiger partial charge in [0.15, 0.2) is 0 Å². The van der Waals surface area contributed by atoms with E-state index in [0.717, 1.165) is 5.75 Å². The first-order chi connectivity index (χ1) is 12.1. The predicted molar refractivity (Wildman–Crippen MR) is 92.9 cm³/mol. The lowest BCUT2D eigenvalue weighted by molar-refractivity contribution is 0.120. The van der Waals surface area contributed by atoms with Crippen LogP contribution in [0.25, 0.3) is 0 Å². The average molecular weight is 342 g/mol. The molecule has 0 saturated heterocycles. The van der Waals surface area contributed by atoms with Crippen molar-refractivity contribution in [1.82, 2.24) is 0 Å². The molecule has 1 saturated carbocycles. The average Bonchev–Trinajstić information content (AvgIpc) is 3.46. The normalized spacial score (nSPS) is 13.4. The summed E-state index contributed by atoms with van der Waals surface area (Å²) in [7, 11) is 1.25. The molecular formula is C20H22O5. The summed E-state index contributed by atoms with van der Waals surface area (Å²) in [6.07, 6.45) is 1.57. The topological polar surface area (TPSA) is 65.0 Å². The Bertz CT molecular complexity index is 765. The van der Waals surface area contributed by atoms with Crippen molar-refractivity contribution in [1.29, 1.82) is 0 Å². The lowest BCUT2D eigenvalue weighted by Gasteiger charge is -2.16. The monoisotopic (exact) mass is 342 g/mol. The van der Waals surface area contributed by atoms with Crippen LogP contribution in [0.5, 0.6) is 11.5 Å². The smallest absolute Gasteiger partial charge is 0.488 e. The van der Waals surface area contributed by atoms with Crippen LogP contribution in [-0.2, 0) is 18.0 Å². The Labute approximate surface area is 147 Å². The molecule has 0 atom stereocenters. The maximum Gasteiger partial charge on any atom is 0.513 e. The summed E-state index contributed by atoms with van der Waals surface area (Å²) in [5.74, 6) is 1.73. The van der Waals surface area contributed by atoms with E-state index in [1.54, 1.807) is 18.2 Å². The molecule has 1 N–H and O–H groups in total. The zero-order valence-corrected chi connectivity index (χ0v) is 14.5. The number of hydrogen-bond donors (Lipinski definition) is 1. The Kier molecular flexibility index (Phi) is 5.24. The Hall–Kier alpha value is -2.53. The van der Waals surface area contributed by atoms with Crippen LogP contribution in [0.4, 0.5) is 4.79 Å². The highest BCUT2D eigenvalue weighted by atomic mass is 16.7. The van der Waals surface area contributed by atoms with E-state index in [-0.39, 0.29) is 13.2 Å². The Balaban J connectivity index is 1.84. The standard InChI is InChI=1S/C20H22O5/c1-13-6-9-18(16(10-13)14-7-8-14)24-12-17-15(11-21)4-3-5-19(17)25-20(22)23-2/h3-6,9-10,14,21H,7-8,11-12H2,1-2H3. The summed E-state index contributed by atoms with van der Waals surface area (Å²) in [5, 5.41) is 9.59. The molecule has 2 aromatic carbocycles. The van der Waals surface area contributed by atoms with Gasteiger partial charge in [-0.05, 0) is 48.9 Å². The van der Waals surface area contributed by atoms with Crippen molar-refractivity contribution in [2.24, 2.45) is 0 Å². The second kappa shape index (κ2) is 7.57. The second-order valence-electron chi connectivity index (χ2n) is 6.21. The fraction of sp³-hybridized carbons (Fsp3) is 0.350. The molecule has 0 unspecified atom stereocenters. The number of aliphatic hydroxyl groups is 1. The second-order valence-corrected chi connectivity index (χ2v) is 6.21. The van der Waals surface area contributed by atoms with Gasteiger partial charge in [-0.15, -0.1) is 0 Å². The summed E-state index contributed by atoms with van der Waals surface area (Å²) < 4.78 is 15.8. The highest BCUT2D eigenvalue weighted by Gasteiger charge is 2.27. The first-order valence-corrected chi connectivity index (χ1v) is 8.33. The van der Waals surface area contributed by atoms with Crippen LogP contribution in [0, 0.1) is 6.92 Å². The number of aryl methyl sites for hydroxylation is 1. The number of hydrogen-bond acceptors (Lipinski definition) is 5.